The lowest BCUT2D eigenvalue weighted by Gasteiger charge is -2.12. The van der Waals surface area contributed by atoms with Gasteiger partial charge in [0.05, 0.1) is 20.1 Å². The monoisotopic (exact) mass is 499 g/mol. The highest BCUT2D eigenvalue weighted by Gasteiger charge is 2.26. The second kappa shape index (κ2) is 10.6. The Labute approximate surface area is 171 Å². The third kappa shape index (κ3) is 7.40. The Balaban J connectivity index is 0.00000338. The van der Waals surface area contributed by atoms with Crippen molar-refractivity contribution in [3.63, 3.8) is 0 Å². The van der Waals surface area contributed by atoms with Crippen molar-refractivity contribution >= 4 is 41.3 Å². The van der Waals surface area contributed by atoms with Gasteiger partial charge in [-0.05, 0) is 42.0 Å². The first-order valence-electron chi connectivity index (χ1n) is 7.65. The van der Waals surface area contributed by atoms with Crippen LogP contribution in [0.4, 0.5) is 13.2 Å². The zero-order valence-corrected chi connectivity index (χ0v) is 17.5. The van der Waals surface area contributed by atoms with Crippen molar-refractivity contribution < 1.29 is 17.9 Å². The number of benzene rings is 1. The summed E-state index contributed by atoms with van der Waals surface area (Å²) in [5.74, 6) is 1.15. The molecular formula is C17H21F3IN3OS. The third-order valence-corrected chi connectivity index (χ3v) is 4.53. The lowest BCUT2D eigenvalue weighted by Crippen LogP contribution is -2.38. The fourth-order valence-electron chi connectivity index (χ4n) is 2.10. The minimum Gasteiger partial charge on any atom is -0.497 e. The number of aliphatic imine (C=N–C) groups is 1. The Bertz CT molecular complexity index is 702. The zero-order chi connectivity index (χ0) is 18.3. The van der Waals surface area contributed by atoms with E-state index in [1.165, 1.54) is 7.05 Å². The molecule has 0 saturated carbocycles. The molecule has 1 aromatic carbocycles. The number of halogens is 4. The minimum absolute atomic E-state index is 0. The van der Waals surface area contributed by atoms with Crippen molar-refractivity contribution in [2.75, 3.05) is 20.7 Å². The normalized spacial score (nSPS) is 11.7. The Morgan fingerprint density at radius 1 is 1.12 bits per heavy atom. The van der Waals surface area contributed by atoms with Crippen LogP contribution in [0.1, 0.15) is 11.3 Å². The molecule has 0 saturated heterocycles. The lowest BCUT2D eigenvalue weighted by atomic mass is 10.2. The first-order valence-corrected chi connectivity index (χ1v) is 8.47. The van der Waals surface area contributed by atoms with Crippen molar-refractivity contribution in [2.45, 2.75) is 19.1 Å². The van der Waals surface area contributed by atoms with Gasteiger partial charge in [-0.2, -0.15) is 13.2 Å². The number of hydrogen-bond donors (Lipinski definition) is 2. The van der Waals surface area contributed by atoms with E-state index in [0.29, 0.717) is 12.5 Å². The fourth-order valence-corrected chi connectivity index (χ4v) is 3.05. The predicted octanol–water partition coefficient (Wildman–Crippen LogP) is 4.66. The van der Waals surface area contributed by atoms with Crippen LogP contribution in [0.15, 0.2) is 41.4 Å². The van der Waals surface area contributed by atoms with Crippen molar-refractivity contribution in [3.8, 4) is 16.2 Å². The third-order valence-electron chi connectivity index (χ3n) is 3.39. The molecule has 4 nitrogen and oxygen atoms in total. The van der Waals surface area contributed by atoms with Gasteiger partial charge in [-0.15, -0.1) is 35.3 Å². The number of hydrogen-bond acceptors (Lipinski definition) is 3. The van der Waals surface area contributed by atoms with Gasteiger partial charge in [-0.25, -0.2) is 0 Å². The fraction of sp³-hybridized carbons (Fsp3) is 0.353. The highest BCUT2D eigenvalue weighted by molar-refractivity contribution is 14.0. The molecule has 0 atom stereocenters. The van der Waals surface area contributed by atoms with Crippen molar-refractivity contribution in [1.82, 2.24) is 10.6 Å². The summed E-state index contributed by atoms with van der Waals surface area (Å²) in [6, 6.07) is 11.8. The molecule has 1 aromatic heterocycles. The van der Waals surface area contributed by atoms with Gasteiger partial charge >= 0.3 is 6.18 Å². The number of nitrogens with one attached hydrogen (secondary N) is 2. The van der Waals surface area contributed by atoms with E-state index >= 15 is 0 Å². The standard InChI is InChI=1S/C17H20F3N3OS.HI/c1-21-16(22-10-9-17(18,19)20)23-11-14-7-8-15(25-14)12-3-5-13(24-2)6-4-12;/h3-8H,9-11H2,1-2H3,(H2,21,22,23);1H. The molecule has 0 aliphatic rings. The number of alkyl halides is 3. The van der Waals surface area contributed by atoms with Crippen molar-refractivity contribution in [2.24, 2.45) is 4.99 Å². The van der Waals surface area contributed by atoms with Gasteiger partial charge in [0.15, 0.2) is 5.96 Å². The first kappa shape index (κ1) is 22.6. The number of ether oxygens (including phenoxy) is 1. The highest BCUT2D eigenvalue weighted by Crippen LogP contribution is 2.29. The minimum atomic E-state index is -4.17. The lowest BCUT2D eigenvalue weighted by molar-refractivity contribution is -0.132. The molecule has 2 N–H and O–H groups in total. The maximum atomic E-state index is 12.2. The summed E-state index contributed by atoms with van der Waals surface area (Å²) < 4.78 is 41.6. The number of methoxy groups -OCH3 is 1. The van der Waals surface area contributed by atoms with Crippen LogP contribution in [0.5, 0.6) is 5.75 Å². The highest BCUT2D eigenvalue weighted by atomic mass is 127. The maximum Gasteiger partial charge on any atom is 0.390 e. The van der Waals surface area contributed by atoms with Crippen LogP contribution in [0.3, 0.4) is 0 Å². The molecule has 0 fully saturated rings. The quantitative estimate of drug-likeness (QED) is 0.346. The van der Waals surface area contributed by atoms with Gasteiger partial charge in [-0.1, -0.05) is 0 Å². The van der Waals surface area contributed by atoms with Crippen LogP contribution in [-0.2, 0) is 6.54 Å². The average molecular weight is 499 g/mol. The predicted molar refractivity (Wildman–Crippen MR) is 111 cm³/mol. The summed E-state index contributed by atoms with van der Waals surface area (Å²) in [5, 5.41) is 5.67. The summed E-state index contributed by atoms with van der Waals surface area (Å²) in [6.07, 6.45) is -5.07. The average Bonchev–Trinajstić information content (AvgIpc) is 3.06. The molecule has 2 rings (SSSR count). The second-order valence-corrected chi connectivity index (χ2v) is 6.38. The van der Waals surface area contributed by atoms with Gasteiger partial charge in [-0.3, -0.25) is 4.99 Å². The van der Waals surface area contributed by atoms with Crippen LogP contribution in [0.2, 0.25) is 0 Å². The Morgan fingerprint density at radius 3 is 2.38 bits per heavy atom. The smallest absolute Gasteiger partial charge is 0.390 e. The molecule has 0 bridgehead atoms. The summed E-state index contributed by atoms with van der Waals surface area (Å²) in [7, 11) is 3.15. The largest absolute Gasteiger partial charge is 0.497 e. The summed E-state index contributed by atoms with van der Waals surface area (Å²) in [4.78, 5) is 6.09. The number of thiophene rings is 1. The molecule has 9 heteroatoms. The maximum absolute atomic E-state index is 12.2. The van der Waals surface area contributed by atoms with E-state index in [1.807, 2.05) is 36.4 Å². The van der Waals surface area contributed by atoms with E-state index < -0.39 is 12.6 Å². The number of guanidine groups is 1. The Hall–Kier alpha value is -1.49. The zero-order valence-electron chi connectivity index (χ0n) is 14.4. The molecule has 0 unspecified atom stereocenters. The molecule has 0 radical (unpaired) electrons. The summed E-state index contributed by atoms with van der Waals surface area (Å²) in [5.41, 5.74) is 1.09. The summed E-state index contributed by atoms with van der Waals surface area (Å²) >= 11 is 1.61. The van der Waals surface area contributed by atoms with Gasteiger partial charge in [0.1, 0.15) is 5.75 Å². The van der Waals surface area contributed by atoms with Gasteiger partial charge in [0.25, 0.3) is 0 Å². The van der Waals surface area contributed by atoms with E-state index in [-0.39, 0.29) is 30.5 Å². The van der Waals surface area contributed by atoms with Crippen LogP contribution < -0.4 is 15.4 Å². The Kier molecular flexibility index (Phi) is 9.20. The molecule has 0 aliphatic carbocycles. The molecule has 26 heavy (non-hydrogen) atoms. The molecule has 2 aromatic rings. The van der Waals surface area contributed by atoms with E-state index in [4.69, 9.17) is 4.74 Å². The Morgan fingerprint density at radius 2 is 1.81 bits per heavy atom. The second-order valence-electron chi connectivity index (χ2n) is 5.21. The SMILES string of the molecule is CN=C(NCCC(F)(F)F)NCc1ccc(-c2ccc(OC)cc2)s1.I. The van der Waals surface area contributed by atoms with Crippen LogP contribution in [-0.4, -0.2) is 32.8 Å². The van der Waals surface area contributed by atoms with Crippen molar-refractivity contribution in [3.05, 3.63) is 41.3 Å². The summed E-state index contributed by atoms with van der Waals surface area (Å²) in [6.45, 7) is 0.289. The van der Waals surface area contributed by atoms with Gasteiger partial charge < -0.3 is 15.4 Å². The van der Waals surface area contributed by atoms with Crippen molar-refractivity contribution in [1.29, 1.82) is 0 Å². The van der Waals surface area contributed by atoms with E-state index in [9.17, 15) is 13.2 Å². The van der Waals surface area contributed by atoms with Crippen LogP contribution >= 0.6 is 35.3 Å². The molecule has 0 spiro atoms. The number of nitrogens with zero attached hydrogens (tertiary/aromatic N) is 1. The first-order chi connectivity index (χ1) is 11.9. The van der Waals surface area contributed by atoms with Crippen LogP contribution in [0.25, 0.3) is 10.4 Å². The number of rotatable bonds is 6. The van der Waals surface area contributed by atoms with E-state index in [0.717, 1.165) is 21.1 Å². The molecule has 0 aliphatic heterocycles. The van der Waals surface area contributed by atoms with Crippen LogP contribution in [0, 0.1) is 0 Å². The van der Waals surface area contributed by atoms with Gasteiger partial charge in [0.2, 0.25) is 0 Å². The molecule has 144 valence electrons. The van der Waals surface area contributed by atoms with Gasteiger partial charge in [0, 0.05) is 23.3 Å². The molecule has 0 amide bonds. The van der Waals surface area contributed by atoms with E-state index in [2.05, 4.69) is 15.6 Å². The van der Waals surface area contributed by atoms with E-state index in [1.54, 1.807) is 18.4 Å². The topological polar surface area (TPSA) is 45.7 Å². The molecular weight excluding hydrogens is 478 g/mol. The molecule has 1 heterocycles.